The fourth-order valence-corrected chi connectivity index (χ4v) is 3.83. The van der Waals surface area contributed by atoms with Gasteiger partial charge in [0, 0.05) is 11.1 Å². The second-order valence-electron chi connectivity index (χ2n) is 6.95. The molecule has 0 saturated carbocycles. The molecule has 26 heavy (non-hydrogen) atoms. The largest absolute Gasteiger partial charge is 0.507 e. The van der Waals surface area contributed by atoms with Crippen LogP contribution in [0.2, 0.25) is 0 Å². The minimum absolute atomic E-state index is 0.0340. The fraction of sp³-hybridized carbons (Fsp3) is 0.421. The molecule has 7 nitrogen and oxygen atoms in total. The lowest BCUT2D eigenvalue weighted by molar-refractivity contribution is -0.223. The topological polar surface area (TPSA) is 110 Å². The highest BCUT2D eigenvalue weighted by molar-refractivity contribution is 6.31. The van der Waals surface area contributed by atoms with E-state index in [1.807, 2.05) is 0 Å². The number of carbonyl (C=O) groups is 3. The van der Waals surface area contributed by atoms with Crippen LogP contribution in [0, 0.1) is 6.92 Å². The molecule has 1 heterocycles. The van der Waals surface area contributed by atoms with E-state index in [0.29, 0.717) is 17.5 Å². The number of fused-ring (bicyclic) bond motifs is 1. The summed E-state index contributed by atoms with van der Waals surface area (Å²) in [6.45, 7) is 6.50. The molecule has 0 fully saturated rings. The van der Waals surface area contributed by atoms with Crippen LogP contribution in [-0.2, 0) is 20.7 Å². The quantitative estimate of drug-likeness (QED) is 0.771. The van der Waals surface area contributed by atoms with Gasteiger partial charge in [-0.25, -0.2) is 4.79 Å². The van der Waals surface area contributed by atoms with E-state index in [-0.39, 0.29) is 22.4 Å². The first kappa shape index (κ1) is 18.3. The van der Waals surface area contributed by atoms with Gasteiger partial charge in [-0.1, -0.05) is 6.92 Å². The summed E-state index contributed by atoms with van der Waals surface area (Å²) in [5.74, 6) is -5.62. The first-order valence-electron chi connectivity index (χ1n) is 8.22. The summed E-state index contributed by atoms with van der Waals surface area (Å²) >= 11 is 0. The van der Waals surface area contributed by atoms with Crippen molar-refractivity contribution in [2.75, 3.05) is 7.11 Å². The van der Waals surface area contributed by atoms with Crippen molar-refractivity contribution in [1.82, 2.24) is 0 Å². The molecule has 1 unspecified atom stereocenters. The summed E-state index contributed by atoms with van der Waals surface area (Å²) in [5, 5.41) is 21.4. The van der Waals surface area contributed by atoms with Gasteiger partial charge in [-0.2, -0.15) is 0 Å². The van der Waals surface area contributed by atoms with E-state index >= 15 is 0 Å². The number of ketones is 2. The van der Waals surface area contributed by atoms with E-state index in [0.717, 1.165) is 7.11 Å². The second-order valence-corrected chi connectivity index (χ2v) is 6.95. The van der Waals surface area contributed by atoms with Gasteiger partial charge in [0.1, 0.15) is 5.75 Å². The minimum atomic E-state index is -2.71. The van der Waals surface area contributed by atoms with E-state index in [1.165, 1.54) is 13.8 Å². The Bertz CT molecular complexity index is 907. The van der Waals surface area contributed by atoms with Crippen LogP contribution in [-0.4, -0.2) is 46.2 Å². The maximum atomic E-state index is 13.1. The second kappa shape index (κ2) is 5.49. The van der Waals surface area contributed by atoms with Gasteiger partial charge in [-0.05, 0) is 44.4 Å². The third-order valence-electron chi connectivity index (χ3n) is 4.96. The predicted molar refractivity (Wildman–Crippen MR) is 90.0 cm³/mol. The molecule has 2 aliphatic rings. The van der Waals surface area contributed by atoms with Crippen LogP contribution in [0.5, 0.6) is 5.75 Å². The molecule has 0 aromatic heterocycles. The molecule has 138 valence electrons. The number of methoxy groups -OCH3 is 1. The highest BCUT2D eigenvalue weighted by Gasteiger charge is 2.62. The smallest absolute Gasteiger partial charge is 0.371 e. The maximum Gasteiger partial charge on any atom is 0.371 e. The molecular formula is C19H20O7. The van der Waals surface area contributed by atoms with Gasteiger partial charge < -0.3 is 19.7 Å². The summed E-state index contributed by atoms with van der Waals surface area (Å²) in [6.07, 6.45) is 0.446. The number of rotatable bonds is 2. The van der Waals surface area contributed by atoms with Crippen molar-refractivity contribution in [2.45, 2.75) is 45.5 Å². The van der Waals surface area contributed by atoms with Crippen molar-refractivity contribution < 1.29 is 34.1 Å². The lowest BCUT2D eigenvalue weighted by Crippen LogP contribution is -2.46. The summed E-state index contributed by atoms with van der Waals surface area (Å²) < 4.78 is 9.99. The number of hydrogen-bond acceptors (Lipinski definition) is 7. The molecule has 1 atom stereocenters. The van der Waals surface area contributed by atoms with Crippen LogP contribution in [0.4, 0.5) is 0 Å². The van der Waals surface area contributed by atoms with Crippen molar-refractivity contribution >= 4 is 17.5 Å². The Morgan fingerprint density at radius 2 is 1.85 bits per heavy atom. The highest BCUT2D eigenvalue weighted by Crippen LogP contribution is 2.49. The Hall–Kier alpha value is -2.51. The predicted octanol–water partition coefficient (Wildman–Crippen LogP) is 1.61. The third kappa shape index (κ3) is 2.10. The van der Waals surface area contributed by atoms with Crippen LogP contribution < -0.4 is 0 Å². The van der Waals surface area contributed by atoms with Crippen LogP contribution >= 0.6 is 0 Å². The summed E-state index contributed by atoms with van der Waals surface area (Å²) in [4.78, 5) is 38.4. The zero-order valence-electron chi connectivity index (χ0n) is 15.2. The molecule has 1 aromatic rings. The van der Waals surface area contributed by atoms with Crippen molar-refractivity contribution in [1.29, 1.82) is 0 Å². The van der Waals surface area contributed by atoms with Gasteiger partial charge in [0.2, 0.25) is 0 Å². The van der Waals surface area contributed by atoms with Crippen molar-refractivity contribution in [2.24, 2.45) is 0 Å². The summed E-state index contributed by atoms with van der Waals surface area (Å²) in [7, 11) is 1.04. The van der Waals surface area contributed by atoms with Gasteiger partial charge in [0.05, 0.1) is 23.8 Å². The fourth-order valence-electron chi connectivity index (χ4n) is 3.83. The van der Waals surface area contributed by atoms with Gasteiger partial charge >= 0.3 is 5.97 Å². The van der Waals surface area contributed by atoms with Crippen LogP contribution in [0.25, 0.3) is 0 Å². The number of ether oxygens (including phenoxy) is 2. The van der Waals surface area contributed by atoms with Gasteiger partial charge in [-0.15, -0.1) is 0 Å². The van der Waals surface area contributed by atoms with E-state index in [1.54, 1.807) is 19.9 Å². The average Bonchev–Trinajstić information content (AvgIpc) is 2.78. The molecule has 1 aromatic carbocycles. The summed E-state index contributed by atoms with van der Waals surface area (Å²) in [6, 6.07) is 1.55. The number of esters is 1. The summed E-state index contributed by atoms with van der Waals surface area (Å²) in [5.41, 5.74) is -0.983. The molecule has 0 spiro atoms. The Morgan fingerprint density at radius 3 is 2.38 bits per heavy atom. The van der Waals surface area contributed by atoms with E-state index in [9.17, 15) is 24.6 Å². The molecule has 1 aliphatic carbocycles. The number of carbonyl (C=O) groups excluding carboxylic acids is 3. The average molecular weight is 360 g/mol. The van der Waals surface area contributed by atoms with Crippen molar-refractivity contribution in [3.8, 4) is 5.75 Å². The normalized spacial score (nSPS) is 23.8. The van der Waals surface area contributed by atoms with E-state index in [2.05, 4.69) is 4.74 Å². The zero-order valence-corrected chi connectivity index (χ0v) is 15.2. The maximum absolute atomic E-state index is 13.1. The molecular weight excluding hydrogens is 340 g/mol. The number of phenolic OH excluding ortho intramolecular Hbond substituents is 1. The van der Waals surface area contributed by atoms with Crippen molar-refractivity contribution in [3.05, 3.63) is 39.5 Å². The monoisotopic (exact) mass is 360 g/mol. The zero-order chi connectivity index (χ0) is 19.6. The lowest BCUT2D eigenvalue weighted by atomic mass is 9.76. The molecule has 0 amide bonds. The SMILES string of the molecule is CCc1c(C)cc2c(c1O)C(=O)C1=C(C2=O)C(C)(C)OC1(O)C(=O)OC. The number of Topliss-reactive ketones (excluding diaryl/α,β-unsaturated/α-hetero) is 2. The van der Waals surface area contributed by atoms with Crippen molar-refractivity contribution in [3.63, 3.8) is 0 Å². The molecule has 0 bridgehead atoms. The number of hydrogen-bond donors (Lipinski definition) is 2. The van der Waals surface area contributed by atoms with Crippen LogP contribution in [0.15, 0.2) is 17.2 Å². The number of aromatic hydroxyl groups is 1. The molecule has 3 rings (SSSR count). The molecule has 7 heteroatoms. The number of aliphatic hydroxyl groups is 1. The standard InChI is InChI=1S/C19H20O7/c1-6-9-8(2)7-10-11(14(9)20)16(22)13-12(15(10)21)18(3,4)26-19(13,24)17(23)25-5/h7,20,24H,6H2,1-5H3. The van der Waals surface area contributed by atoms with Crippen LogP contribution in [0.1, 0.15) is 52.6 Å². The Kier molecular flexibility index (Phi) is 3.86. The number of aryl methyl sites for hydroxylation is 1. The first-order chi connectivity index (χ1) is 12.0. The van der Waals surface area contributed by atoms with E-state index in [4.69, 9.17) is 4.74 Å². The minimum Gasteiger partial charge on any atom is -0.507 e. The first-order valence-corrected chi connectivity index (χ1v) is 8.22. The Labute approximate surface area is 150 Å². The molecule has 1 aliphatic heterocycles. The van der Waals surface area contributed by atoms with Gasteiger partial charge in [-0.3, -0.25) is 9.59 Å². The molecule has 0 radical (unpaired) electrons. The van der Waals surface area contributed by atoms with Crippen LogP contribution in [0.3, 0.4) is 0 Å². The van der Waals surface area contributed by atoms with Gasteiger partial charge in [0.25, 0.3) is 5.79 Å². The van der Waals surface area contributed by atoms with Gasteiger partial charge in [0.15, 0.2) is 11.6 Å². The molecule has 0 saturated heterocycles. The number of benzene rings is 1. The molecule has 2 N–H and O–H groups in total. The highest BCUT2D eigenvalue weighted by atomic mass is 16.7. The number of phenols is 1. The lowest BCUT2D eigenvalue weighted by Gasteiger charge is -2.26. The third-order valence-corrected chi connectivity index (χ3v) is 4.96. The Balaban J connectivity index is 2.37. The Morgan fingerprint density at radius 1 is 1.23 bits per heavy atom. The van der Waals surface area contributed by atoms with E-state index < -0.39 is 34.5 Å².